The van der Waals surface area contributed by atoms with E-state index in [0.29, 0.717) is 12.3 Å². The highest BCUT2D eigenvalue weighted by Crippen LogP contribution is 2.24. The zero-order chi connectivity index (χ0) is 19.8. The third kappa shape index (κ3) is 7.71. The summed E-state index contributed by atoms with van der Waals surface area (Å²) in [5, 5.41) is 10.4. The maximum absolute atomic E-state index is 12.1. The number of piperidine rings is 1. The first-order valence-electron chi connectivity index (χ1n) is 10.3. The van der Waals surface area contributed by atoms with Gasteiger partial charge in [-0.25, -0.2) is 4.79 Å². The van der Waals surface area contributed by atoms with Gasteiger partial charge < -0.3 is 14.7 Å². The predicted octanol–water partition coefficient (Wildman–Crippen LogP) is 4.83. The summed E-state index contributed by atoms with van der Waals surface area (Å²) in [5.41, 5.74) is 3.11. The molecule has 1 aliphatic rings. The average molecular weight is 382 g/mol. The molecule has 4 nitrogen and oxygen atoms in total. The maximum Gasteiger partial charge on any atom is 0.410 e. The fourth-order valence-corrected chi connectivity index (χ4v) is 6.02. The van der Waals surface area contributed by atoms with Gasteiger partial charge in [0.1, 0.15) is 13.7 Å². The Hall–Kier alpha value is -0.993. The van der Waals surface area contributed by atoms with Crippen LogP contribution in [0.4, 0.5) is 4.79 Å². The topological polar surface area (TPSA) is 49.8 Å². The van der Waals surface area contributed by atoms with Crippen molar-refractivity contribution in [1.29, 1.82) is 0 Å². The number of carbonyl (C=O) groups is 1. The molecule has 0 saturated carbocycles. The Bertz CT molecular complexity index is 483. The molecule has 1 unspecified atom stereocenters. The maximum atomic E-state index is 12.1. The number of amides is 1. The van der Waals surface area contributed by atoms with Crippen molar-refractivity contribution in [3.05, 3.63) is 0 Å². The van der Waals surface area contributed by atoms with Crippen molar-refractivity contribution in [3.8, 4) is 11.5 Å². The van der Waals surface area contributed by atoms with Crippen molar-refractivity contribution in [1.82, 2.24) is 4.90 Å². The van der Waals surface area contributed by atoms with Crippen molar-refractivity contribution in [2.24, 2.45) is 5.92 Å². The van der Waals surface area contributed by atoms with E-state index < -0.39 is 13.7 Å². The van der Waals surface area contributed by atoms with Crippen LogP contribution in [0.3, 0.4) is 0 Å². The molecule has 1 heterocycles. The van der Waals surface area contributed by atoms with Gasteiger partial charge in [-0.3, -0.25) is 0 Å². The number of carbonyl (C=O) groups excluding carboxylic acids is 1. The summed E-state index contributed by atoms with van der Waals surface area (Å²) >= 11 is 0. The van der Waals surface area contributed by atoms with Crippen molar-refractivity contribution in [2.75, 3.05) is 13.1 Å². The van der Waals surface area contributed by atoms with Crippen LogP contribution in [0.1, 0.15) is 67.2 Å². The molecule has 1 amide bonds. The fourth-order valence-electron chi connectivity index (χ4n) is 3.52. The van der Waals surface area contributed by atoms with E-state index in [1.165, 1.54) is 18.1 Å². The van der Waals surface area contributed by atoms with E-state index in [-0.39, 0.29) is 12.2 Å². The van der Waals surface area contributed by atoms with Gasteiger partial charge in [0.15, 0.2) is 0 Å². The van der Waals surface area contributed by atoms with Crippen LogP contribution in [0.2, 0.25) is 18.1 Å². The van der Waals surface area contributed by atoms with Crippen LogP contribution in [0.15, 0.2) is 0 Å². The summed E-state index contributed by atoms with van der Waals surface area (Å²) in [6.45, 7) is 13.9. The third-order valence-electron chi connectivity index (χ3n) is 5.59. The lowest BCUT2D eigenvalue weighted by Crippen LogP contribution is -2.42. The quantitative estimate of drug-likeness (QED) is 0.530. The van der Waals surface area contributed by atoms with E-state index >= 15 is 0 Å². The average Bonchev–Trinajstić information content (AvgIpc) is 2.58. The van der Waals surface area contributed by atoms with Crippen LogP contribution in [-0.4, -0.2) is 49.0 Å². The number of hydrogen-bond acceptors (Lipinski definition) is 3. The molecule has 1 saturated heterocycles. The Kier molecular flexibility index (Phi) is 9.19. The van der Waals surface area contributed by atoms with Crippen LogP contribution in [0.25, 0.3) is 0 Å². The molecule has 0 aromatic heterocycles. The SMILES string of the molecule is CC[Si](C#CCC(O)CC1CCN(C(=O)OC(C)(C)C)CC1)(CC)CC. The fraction of sp³-hybridized carbons (Fsp3) is 0.857. The van der Waals surface area contributed by atoms with Gasteiger partial charge in [-0.05, 0) is 64.1 Å². The minimum Gasteiger partial charge on any atom is -0.444 e. The van der Waals surface area contributed by atoms with Crippen molar-refractivity contribution < 1.29 is 14.6 Å². The van der Waals surface area contributed by atoms with Crippen molar-refractivity contribution in [2.45, 2.75) is 97.1 Å². The summed E-state index contributed by atoms with van der Waals surface area (Å²) in [4.78, 5) is 13.9. The van der Waals surface area contributed by atoms with Crippen molar-refractivity contribution in [3.63, 3.8) is 0 Å². The Morgan fingerprint density at radius 2 is 1.73 bits per heavy atom. The van der Waals surface area contributed by atoms with Gasteiger partial charge in [-0.15, -0.1) is 11.5 Å². The molecule has 0 radical (unpaired) electrons. The molecule has 1 fully saturated rings. The van der Waals surface area contributed by atoms with E-state index in [4.69, 9.17) is 4.74 Å². The highest BCUT2D eigenvalue weighted by molar-refractivity contribution is 6.87. The van der Waals surface area contributed by atoms with Gasteiger partial charge in [-0.2, -0.15) is 0 Å². The molecule has 0 aromatic carbocycles. The standard InChI is InChI=1S/C21H39NO3Si/c1-7-26(8-2,9-3)16-10-11-19(23)17-18-12-14-22(15-13-18)20(24)25-21(4,5)6/h18-19,23H,7-9,11-15,17H2,1-6H3. The predicted molar refractivity (Wildman–Crippen MR) is 111 cm³/mol. The summed E-state index contributed by atoms with van der Waals surface area (Å²) < 4.78 is 5.43. The van der Waals surface area contributed by atoms with Gasteiger partial charge >= 0.3 is 6.09 Å². The molecule has 0 aromatic rings. The Labute approximate surface area is 161 Å². The number of aliphatic hydroxyl groups excluding tert-OH is 1. The summed E-state index contributed by atoms with van der Waals surface area (Å²) in [5.74, 6) is 3.77. The zero-order valence-corrected chi connectivity index (χ0v) is 18.7. The molecule has 1 aliphatic heterocycles. The van der Waals surface area contributed by atoms with E-state index in [1.807, 2.05) is 20.8 Å². The first-order valence-corrected chi connectivity index (χ1v) is 12.9. The molecule has 26 heavy (non-hydrogen) atoms. The zero-order valence-electron chi connectivity index (χ0n) is 17.7. The minimum absolute atomic E-state index is 0.220. The summed E-state index contributed by atoms with van der Waals surface area (Å²) in [6.07, 6.45) is 2.67. The molecule has 5 heteroatoms. The van der Waals surface area contributed by atoms with Gasteiger partial charge in [-0.1, -0.05) is 20.8 Å². The molecule has 0 spiro atoms. The Balaban J connectivity index is 2.40. The van der Waals surface area contributed by atoms with E-state index in [1.54, 1.807) is 4.90 Å². The second kappa shape index (κ2) is 10.4. The number of hydrogen-bond donors (Lipinski definition) is 1. The normalized spacial score (nSPS) is 17.4. The van der Waals surface area contributed by atoms with E-state index in [9.17, 15) is 9.90 Å². The molecule has 0 aliphatic carbocycles. The molecule has 1 N–H and O–H groups in total. The molecular formula is C21H39NO3Si. The van der Waals surface area contributed by atoms with Crippen LogP contribution >= 0.6 is 0 Å². The van der Waals surface area contributed by atoms with Crippen LogP contribution < -0.4 is 0 Å². The lowest BCUT2D eigenvalue weighted by Gasteiger charge is -2.34. The number of ether oxygens (including phenoxy) is 1. The molecule has 0 bridgehead atoms. The largest absolute Gasteiger partial charge is 0.444 e. The van der Waals surface area contributed by atoms with E-state index in [0.717, 1.165) is 32.4 Å². The Morgan fingerprint density at radius 3 is 2.19 bits per heavy atom. The summed E-state index contributed by atoms with van der Waals surface area (Å²) in [7, 11) is -1.41. The van der Waals surface area contributed by atoms with Gasteiger partial charge in [0.2, 0.25) is 0 Å². The molecule has 1 atom stereocenters. The smallest absolute Gasteiger partial charge is 0.410 e. The Morgan fingerprint density at radius 1 is 1.19 bits per heavy atom. The molecule has 1 rings (SSSR count). The van der Waals surface area contributed by atoms with Gasteiger partial charge in [0, 0.05) is 19.5 Å². The number of nitrogens with zero attached hydrogens (tertiary/aromatic N) is 1. The lowest BCUT2D eigenvalue weighted by atomic mass is 9.90. The highest BCUT2D eigenvalue weighted by atomic mass is 28.3. The molecule has 150 valence electrons. The third-order valence-corrected chi connectivity index (χ3v) is 10.4. The first-order chi connectivity index (χ1) is 12.1. The van der Waals surface area contributed by atoms with E-state index in [2.05, 4.69) is 32.2 Å². The molecular weight excluding hydrogens is 342 g/mol. The number of likely N-dealkylation sites (tertiary alicyclic amines) is 1. The number of aliphatic hydroxyl groups is 1. The summed E-state index contributed by atoms with van der Waals surface area (Å²) in [6, 6.07) is 3.60. The first kappa shape index (κ1) is 23.0. The van der Waals surface area contributed by atoms with Crippen LogP contribution in [0, 0.1) is 17.4 Å². The lowest BCUT2D eigenvalue weighted by molar-refractivity contribution is 0.0163. The van der Waals surface area contributed by atoms with Crippen molar-refractivity contribution >= 4 is 14.2 Å². The highest BCUT2D eigenvalue weighted by Gasteiger charge is 2.28. The second-order valence-corrected chi connectivity index (χ2v) is 13.6. The van der Waals surface area contributed by atoms with Gasteiger partial charge in [0.25, 0.3) is 0 Å². The second-order valence-electron chi connectivity index (χ2n) is 8.65. The van der Waals surface area contributed by atoms with Crippen LogP contribution in [-0.2, 0) is 4.74 Å². The number of rotatable bonds is 6. The minimum atomic E-state index is -1.41. The van der Waals surface area contributed by atoms with Gasteiger partial charge in [0.05, 0.1) is 6.10 Å². The monoisotopic (exact) mass is 381 g/mol. The van der Waals surface area contributed by atoms with Crippen LogP contribution in [0.5, 0.6) is 0 Å².